The van der Waals surface area contributed by atoms with Crippen LogP contribution < -0.4 is 4.74 Å². The molecule has 1 aliphatic rings. The number of sulfonamides is 1. The van der Waals surface area contributed by atoms with Crippen LogP contribution in [0.2, 0.25) is 0 Å². The molecule has 4 nitrogen and oxygen atoms in total. The first-order valence-electron chi connectivity index (χ1n) is 8.83. The van der Waals surface area contributed by atoms with Crippen LogP contribution in [0.1, 0.15) is 51.5 Å². The quantitative estimate of drug-likeness (QED) is 0.709. The Morgan fingerprint density at radius 2 is 1.79 bits per heavy atom. The van der Waals surface area contributed by atoms with E-state index in [2.05, 4.69) is 12.2 Å². The van der Waals surface area contributed by atoms with Crippen molar-refractivity contribution in [3.05, 3.63) is 35.9 Å². The molecular formula is C19H29NO3S. The molecule has 0 radical (unpaired) electrons. The highest BCUT2D eigenvalue weighted by molar-refractivity contribution is 7.89. The molecule has 0 fully saturated rings. The molecule has 1 aromatic carbocycles. The number of fused-ring (bicyclic) bond motifs is 1. The van der Waals surface area contributed by atoms with Crippen molar-refractivity contribution in [2.45, 2.75) is 63.8 Å². The van der Waals surface area contributed by atoms with Crippen molar-refractivity contribution >= 4 is 10.0 Å². The van der Waals surface area contributed by atoms with Crippen LogP contribution in [0, 0.1) is 6.92 Å². The van der Waals surface area contributed by atoms with Gasteiger partial charge in [0.1, 0.15) is 10.6 Å². The van der Waals surface area contributed by atoms with Crippen LogP contribution in [0.15, 0.2) is 35.2 Å². The Hall–Kier alpha value is -1.33. The van der Waals surface area contributed by atoms with Crippen LogP contribution in [0.5, 0.6) is 5.75 Å². The Balaban J connectivity index is 2.40. The number of allylic oxidation sites excluding steroid dienone is 2. The normalized spacial score (nSPS) is 21.5. The van der Waals surface area contributed by atoms with E-state index < -0.39 is 10.0 Å². The fraction of sp³-hybridized carbons (Fsp3) is 0.579. The van der Waals surface area contributed by atoms with Crippen LogP contribution >= 0.6 is 0 Å². The van der Waals surface area contributed by atoms with Crippen molar-refractivity contribution in [3.63, 3.8) is 0 Å². The summed E-state index contributed by atoms with van der Waals surface area (Å²) in [6, 6.07) is 5.27. The number of rotatable bonds is 1. The average molecular weight is 352 g/mol. The Morgan fingerprint density at radius 3 is 2.50 bits per heavy atom. The van der Waals surface area contributed by atoms with Gasteiger partial charge in [0.2, 0.25) is 10.0 Å². The summed E-state index contributed by atoms with van der Waals surface area (Å²) in [6.45, 7) is 6.87. The summed E-state index contributed by atoms with van der Waals surface area (Å²) < 4.78 is 33.8. The summed E-state index contributed by atoms with van der Waals surface area (Å²) in [5, 5.41) is 0. The average Bonchev–Trinajstić information content (AvgIpc) is 2.51. The monoisotopic (exact) mass is 351 g/mol. The van der Waals surface area contributed by atoms with Crippen LogP contribution in [0.4, 0.5) is 0 Å². The van der Waals surface area contributed by atoms with E-state index >= 15 is 0 Å². The minimum Gasteiger partial charge on any atom is -0.492 e. The second-order valence-corrected chi connectivity index (χ2v) is 8.48. The molecule has 0 saturated heterocycles. The molecule has 1 heterocycles. The molecule has 0 aliphatic carbocycles. The van der Waals surface area contributed by atoms with Gasteiger partial charge in [-0.05, 0) is 70.6 Å². The number of benzene rings is 1. The maximum absolute atomic E-state index is 13.2. The lowest BCUT2D eigenvalue weighted by Crippen LogP contribution is -2.38. The van der Waals surface area contributed by atoms with Gasteiger partial charge in [0.15, 0.2) is 0 Å². The molecule has 0 amide bonds. The lowest BCUT2D eigenvalue weighted by atomic mass is 10.2. The third kappa shape index (κ3) is 4.84. The molecule has 0 bridgehead atoms. The van der Waals surface area contributed by atoms with Crippen molar-refractivity contribution in [3.8, 4) is 5.75 Å². The van der Waals surface area contributed by atoms with Crippen molar-refractivity contribution in [1.29, 1.82) is 0 Å². The highest BCUT2D eigenvalue weighted by Crippen LogP contribution is 2.29. The van der Waals surface area contributed by atoms with Crippen molar-refractivity contribution < 1.29 is 13.2 Å². The molecule has 0 atom stereocenters. The summed E-state index contributed by atoms with van der Waals surface area (Å²) in [5.41, 5.74) is 1.00. The predicted octanol–water partition coefficient (Wildman–Crippen LogP) is 4.29. The third-order valence-electron chi connectivity index (χ3n) is 4.20. The van der Waals surface area contributed by atoms with Gasteiger partial charge in [-0.2, -0.15) is 4.31 Å². The van der Waals surface area contributed by atoms with E-state index in [-0.39, 0.29) is 10.9 Å². The number of aryl methyl sites for hydroxylation is 1. The number of nitrogens with zero attached hydrogens (tertiary/aromatic N) is 1. The largest absolute Gasteiger partial charge is 0.492 e. The zero-order valence-electron chi connectivity index (χ0n) is 15.0. The minimum absolute atomic E-state index is 0.0763. The van der Waals surface area contributed by atoms with E-state index in [1.165, 1.54) is 0 Å². The Labute approximate surface area is 146 Å². The molecule has 0 saturated carbocycles. The minimum atomic E-state index is -3.56. The van der Waals surface area contributed by atoms with Gasteiger partial charge >= 0.3 is 0 Å². The maximum Gasteiger partial charge on any atom is 0.246 e. The summed E-state index contributed by atoms with van der Waals surface area (Å²) in [4.78, 5) is 0.286. The summed E-state index contributed by atoms with van der Waals surface area (Å²) in [5.74, 6) is 0.474. The first-order chi connectivity index (χ1) is 11.4. The van der Waals surface area contributed by atoms with Gasteiger partial charge in [-0.3, -0.25) is 0 Å². The zero-order valence-corrected chi connectivity index (χ0v) is 15.8. The smallest absolute Gasteiger partial charge is 0.246 e. The van der Waals surface area contributed by atoms with Gasteiger partial charge in [-0.1, -0.05) is 18.2 Å². The molecule has 5 heteroatoms. The standard InChI is InChI=1S/C19H29NO3S/c1-16(2)20-13-9-7-5-4-6-8-10-14-23-18-15-17(3)11-12-19(18)24(20,21)22/h4,6,11-12,15-16H,5,7-10,13-14H2,1-3H3/b6-4-. The molecule has 134 valence electrons. The lowest BCUT2D eigenvalue weighted by molar-refractivity contribution is 0.299. The van der Waals surface area contributed by atoms with Gasteiger partial charge < -0.3 is 4.74 Å². The number of hydrogen-bond donors (Lipinski definition) is 0. The molecule has 1 aliphatic heterocycles. The Bertz CT molecular complexity index is 665. The fourth-order valence-electron chi connectivity index (χ4n) is 2.87. The first kappa shape index (κ1) is 19.0. The Kier molecular flexibility index (Phi) is 6.87. The van der Waals surface area contributed by atoms with E-state index in [0.29, 0.717) is 18.9 Å². The van der Waals surface area contributed by atoms with Gasteiger partial charge in [-0.25, -0.2) is 8.42 Å². The van der Waals surface area contributed by atoms with Crippen molar-refractivity contribution in [1.82, 2.24) is 4.31 Å². The second-order valence-electron chi connectivity index (χ2n) is 6.62. The van der Waals surface area contributed by atoms with Crippen molar-refractivity contribution in [2.75, 3.05) is 13.2 Å². The van der Waals surface area contributed by atoms with Crippen LogP contribution in [0.3, 0.4) is 0 Å². The van der Waals surface area contributed by atoms with E-state index in [4.69, 9.17) is 4.74 Å². The maximum atomic E-state index is 13.2. The highest BCUT2D eigenvalue weighted by atomic mass is 32.2. The molecule has 0 spiro atoms. The second kappa shape index (κ2) is 8.67. The van der Waals surface area contributed by atoms with Gasteiger partial charge in [0, 0.05) is 12.6 Å². The summed E-state index contributed by atoms with van der Waals surface area (Å²) in [6.07, 6.45) is 9.12. The molecule has 0 N–H and O–H groups in total. The SMILES string of the molecule is Cc1ccc2c(c1)OCCC/C=C\CCCCN(C(C)C)S2(=O)=O. The predicted molar refractivity (Wildman–Crippen MR) is 97.9 cm³/mol. The number of ether oxygens (including phenoxy) is 1. The molecule has 0 aromatic heterocycles. The van der Waals surface area contributed by atoms with Gasteiger partial charge in [-0.15, -0.1) is 0 Å². The van der Waals surface area contributed by atoms with Crippen LogP contribution in [-0.4, -0.2) is 31.9 Å². The highest BCUT2D eigenvalue weighted by Gasteiger charge is 2.29. The lowest BCUT2D eigenvalue weighted by Gasteiger charge is -2.27. The fourth-order valence-corrected chi connectivity index (χ4v) is 4.66. The molecular weight excluding hydrogens is 322 g/mol. The molecule has 0 unspecified atom stereocenters. The first-order valence-corrected chi connectivity index (χ1v) is 10.3. The van der Waals surface area contributed by atoms with Crippen molar-refractivity contribution in [2.24, 2.45) is 0 Å². The topological polar surface area (TPSA) is 46.6 Å². The molecule has 1 aromatic rings. The van der Waals surface area contributed by atoms with Gasteiger partial charge in [0.25, 0.3) is 0 Å². The Morgan fingerprint density at radius 1 is 1.08 bits per heavy atom. The molecule has 2 rings (SSSR count). The van der Waals surface area contributed by atoms with Crippen LogP contribution in [-0.2, 0) is 10.0 Å². The molecule has 24 heavy (non-hydrogen) atoms. The van der Waals surface area contributed by atoms with E-state index in [0.717, 1.165) is 37.7 Å². The summed E-state index contributed by atoms with van der Waals surface area (Å²) in [7, 11) is -3.56. The van der Waals surface area contributed by atoms with E-state index in [9.17, 15) is 8.42 Å². The third-order valence-corrected chi connectivity index (χ3v) is 6.32. The summed E-state index contributed by atoms with van der Waals surface area (Å²) >= 11 is 0. The zero-order chi connectivity index (χ0) is 17.6. The van der Waals surface area contributed by atoms with E-state index in [1.807, 2.05) is 32.9 Å². The number of hydrogen-bond acceptors (Lipinski definition) is 3. The van der Waals surface area contributed by atoms with Gasteiger partial charge in [0.05, 0.1) is 6.61 Å². The van der Waals surface area contributed by atoms with E-state index in [1.54, 1.807) is 10.4 Å². The van der Waals surface area contributed by atoms with Crippen LogP contribution in [0.25, 0.3) is 0 Å².